The quantitative estimate of drug-likeness (QED) is 0.612. The molecule has 10 nitrogen and oxygen atoms in total. The van der Waals surface area contributed by atoms with Crippen LogP contribution in [0.25, 0.3) is 5.65 Å². The summed E-state index contributed by atoms with van der Waals surface area (Å²) in [6, 6.07) is 4.03. The monoisotopic (exact) mass is 408 g/mol. The Bertz CT molecular complexity index is 1130. The summed E-state index contributed by atoms with van der Waals surface area (Å²) < 4.78 is 3.10. The maximum Gasteiger partial charge on any atom is 0.274 e. The van der Waals surface area contributed by atoms with Crippen LogP contribution in [0.3, 0.4) is 0 Å². The summed E-state index contributed by atoms with van der Waals surface area (Å²) >= 11 is 0. The van der Waals surface area contributed by atoms with Crippen LogP contribution in [-0.4, -0.2) is 55.8 Å². The Balaban J connectivity index is 1.34. The van der Waals surface area contributed by atoms with E-state index in [1.807, 2.05) is 7.05 Å². The lowest BCUT2D eigenvalue weighted by Gasteiger charge is -2.11. The van der Waals surface area contributed by atoms with Gasteiger partial charge in [-0.1, -0.05) is 0 Å². The lowest BCUT2D eigenvalue weighted by molar-refractivity contribution is 0.0937. The first-order valence-electron chi connectivity index (χ1n) is 10.2. The van der Waals surface area contributed by atoms with E-state index in [0.717, 1.165) is 25.7 Å². The summed E-state index contributed by atoms with van der Waals surface area (Å²) in [6.07, 6.45) is 7.80. The zero-order valence-corrected chi connectivity index (χ0v) is 17.0. The van der Waals surface area contributed by atoms with Crippen molar-refractivity contribution in [1.82, 2.24) is 29.7 Å². The van der Waals surface area contributed by atoms with Crippen molar-refractivity contribution in [2.24, 2.45) is 13.0 Å². The summed E-state index contributed by atoms with van der Waals surface area (Å²) in [7, 11) is 3.64. The van der Waals surface area contributed by atoms with Crippen molar-refractivity contribution in [2.45, 2.75) is 31.7 Å². The van der Waals surface area contributed by atoms with Gasteiger partial charge in [-0.05, 0) is 37.7 Å². The molecule has 0 atom stereocenters. The molecule has 5 rings (SSSR count). The molecule has 2 aliphatic carbocycles. The maximum atomic E-state index is 12.9. The van der Waals surface area contributed by atoms with Crippen LogP contribution in [0.4, 0.5) is 11.6 Å². The molecule has 2 aliphatic rings. The average Bonchev–Trinajstić information content (AvgIpc) is 3.65. The van der Waals surface area contributed by atoms with Crippen LogP contribution in [0, 0.1) is 5.92 Å². The summed E-state index contributed by atoms with van der Waals surface area (Å²) in [5.41, 5.74) is 1.71. The Morgan fingerprint density at radius 1 is 1.23 bits per heavy atom. The van der Waals surface area contributed by atoms with Crippen LogP contribution in [0.1, 0.15) is 46.5 Å². The van der Waals surface area contributed by atoms with E-state index in [1.165, 1.54) is 10.9 Å². The van der Waals surface area contributed by atoms with Gasteiger partial charge in [0, 0.05) is 44.6 Å². The molecule has 3 aromatic heterocycles. The highest BCUT2D eigenvalue weighted by atomic mass is 16.2. The molecule has 0 aliphatic heterocycles. The number of nitrogens with zero attached hydrogens (tertiary/aromatic N) is 6. The van der Waals surface area contributed by atoms with E-state index < -0.39 is 5.91 Å². The highest BCUT2D eigenvalue weighted by Gasteiger charge is 2.29. The molecule has 0 saturated heterocycles. The van der Waals surface area contributed by atoms with Gasteiger partial charge in [-0.15, -0.1) is 5.10 Å². The van der Waals surface area contributed by atoms with Gasteiger partial charge in [0.1, 0.15) is 5.69 Å². The van der Waals surface area contributed by atoms with Crippen molar-refractivity contribution >= 4 is 29.1 Å². The van der Waals surface area contributed by atoms with Crippen molar-refractivity contribution < 1.29 is 9.59 Å². The van der Waals surface area contributed by atoms with Crippen LogP contribution in [-0.2, 0) is 7.05 Å². The Morgan fingerprint density at radius 2 is 2.03 bits per heavy atom. The maximum absolute atomic E-state index is 12.9. The van der Waals surface area contributed by atoms with Gasteiger partial charge < -0.3 is 15.5 Å². The van der Waals surface area contributed by atoms with Crippen molar-refractivity contribution in [1.29, 1.82) is 0 Å². The van der Waals surface area contributed by atoms with E-state index in [4.69, 9.17) is 0 Å². The second kappa shape index (κ2) is 7.12. The van der Waals surface area contributed by atoms with Crippen molar-refractivity contribution in [3.63, 3.8) is 0 Å². The molecule has 0 spiro atoms. The number of aryl methyl sites for hydroxylation is 1. The van der Waals surface area contributed by atoms with Crippen molar-refractivity contribution in [2.75, 3.05) is 23.8 Å². The van der Waals surface area contributed by atoms with Crippen LogP contribution < -0.4 is 15.5 Å². The number of hydrogen-bond acceptors (Lipinski definition) is 6. The summed E-state index contributed by atoms with van der Waals surface area (Å²) in [6.45, 7) is 0.635. The average molecular weight is 408 g/mol. The highest BCUT2D eigenvalue weighted by Crippen LogP contribution is 2.29. The zero-order valence-electron chi connectivity index (χ0n) is 17.0. The van der Waals surface area contributed by atoms with E-state index in [9.17, 15) is 9.59 Å². The first-order valence-corrected chi connectivity index (χ1v) is 10.2. The number of aromatic nitrogens is 5. The molecule has 156 valence electrons. The number of pyridine rings is 1. The van der Waals surface area contributed by atoms with Crippen molar-refractivity contribution in [3.8, 4) is 0 Å². The Hall–Kier alpha value is -3.43. The number of carbonyl (C=O) groups is 2. The van der Waals surface area contributed by atoms with Crippen LogP contribution >= 0.6 is 0 Å². The van der Waals surface area contributed by atoms with E-state index >= 15 is 0 Å². The number of hydrogen-bond donors (Lipinski definition) is 2. The van der Waals surface area contributed by atoms with Crippen molar-refractivity contribution in [3.05, 3.63) is 35.8 Å². The lowest BCUT2D eigenvalue weighted by Crippen LogP contribution is -2.28. The number of nitrogens with one attached hydrogen (secondary N) is 2. The standard InChI is InChI=1S/C20H24N8O2/c1-26(14-5-6-14)20-24-16-9-13(7-8-28(16)25-20)23-19(30)17-15(11-22-27(17)2)18(29)21-10-12-3-4-12/h7-9,11-12,14H,3-6,10H2,1-2H3,(H,21,29)(H,23,30). The molecule has 3 aromatic rings. The molecule has 2 amide bonds. The third-order valence-corrected chi connectivity index (χ3v) is 5.64. The fourth-order valence-corrected chi connectivity index (χ4v) is 3.44. The molecule has 10 heteroatoms. The molecular formula is C20H24N8O2. The largest absolute Gasteiger partial charge is 0.352 e. The van der Waals surface area contributed by atoms with Gasteiger partial charge in [-0.3, -0.25) is 14.3 Å². The molecule has 0 aromatic carbocycles. The third-order valence-electron chi connectivity index (χ3n) is 5.64. The van der Waals surface area contributed by atoms with Gasteiger partial charge in [-0.25, -0.2) is 4.52 Å². The van der Waals surface area contributed by atoms with E-state index in [0.29, 0.717) is 35.8 Å². The third kappa shape index (κ3) is 3.60. The molecule has 0 radical (unpaired) electrons. The second-order valence-electron chi connectivity index (χ2n) is 8.11. The summed E-state index contributed by atoms with van der Waals surface area (Å²) in [5.74, 6) is 0.551. The Kier molecular flexibility index (Phi) is 4.41. The topological polar surface area (TPSA) is 109 Å². The molecule has 0 unspecified atom stereocenters. The van der Waals surface area contributed by atoms with Gasteiger partial charge in [-0.2, -0.15) is 10.1 Å². The normalized spacial score (nSPS) is 15.9. The van der Waals surface area contributed by atoms with Crippen LogP contribution in [0.15, 0.2) is 24.5 Å². The molecule has 2 fully saturated rings. The van der Waals surface area contributed by atoms with Crippen LogP contribution in [0.5, 0.6) is 0 Å². The first kappa shape index (κ1) is 18.6. The molecule has 3 heterocycles. The van der Waals surface area contributed by atoms with Gasteiger partial charge in [0.05, 0.1) is 11.8 Å². The van der Waals surface area contributed by atoms with Crippen LogP contribution in [0.2, 0.25) is 0 Å². The number of amides is 2. The van der Waals surface area contributed by atoms with Gasteiger partial charge in [0.2, 0.25) is 5.95 Å². The molecule has 2 saturated carbocycles. The predicted molar refractivity (Wildman–Crippen MR) is 111 cm³/mol. The molecular weight excluding hydrogens is 384 g/mol. The smallest absolute Gasteiger partial charge is 0.274 e. The minimum absolute atomic E-state index is 0.221. The van der Waals surface area contributed by atoms with E-state index in [1.54, 1.807) is 29.9 Å². The van der Waals surface area contributed by atoms with E-state index in [-0.39, 0.29) is 17.2 Å². The molecule has 30 heavy (non-hydrogen) atoms. The zero-order chi connectivity index (χ0) is 20.8. The Labute approximate surface area is 173 Å². The highest BCUT2D eigenvalue weighted by molar-refractivity contribution is 6.11. The predicted octanol–water partition coefficient (Wildman–Crippen LogP) is 1.45. The number of carbonyl (C=O) groups excluding carboxylic acids is 2. The number of fused-ring (bicyclic) bond motifs is 1. The summed E-state index contributed by atoms with van der Waals surface area (Å²) in [4.78, 5) is 32.1. The van der Waals surface area contributed by atoms with Gasteiger partial charge in [0.25, 0.3) is 11.8 Å². The summed E-state index contributed by atoms with van der Waals surface area (Å²) in [5, 5.41) is 14.3. The van der Waals surface area contributed by atoms with Gasteiger partial charge in [0.15, 0.2) is 5.65 Å². The number of anilines is 2. The van der Waals surface area contributed by atoms with E-state index in [2.05, 4.69) is 30.7 Å². The fourth-order valence-electron chi connectivity index (χ4n) is 3.44. The van der Waals surface area contributed by atoms with Gasteiger partial charge >= 0.3 is 0 Å². The molecule has 2 N–H and O–H groups in total. The SMILES string of the molecule is CN(c1nc2cc(NC(=O)c3c(C(=O)NCC4CC4)cnn3C)ccn2n1)C1CC1. The molecule has 0 bridgehead atoms. The first-order chi connectivity index (χ1) is 14.5. The lowest BCUT2D eigenvalue weighted by atomic mass is 10.2. The fraction of sp³-hybridized carbons (Fsp3) is 0.450. The minimum atomic E-state index is -0.397. The Morgan fingerprint density at radius 3 is 2.77 bits per heavy atom. The second-order valence-corrected chi connectivity index (χ2v) is 8.11. The minimum Gasteiger partial charge on any atom is -0.352 e. The number of rotatable bonds is 7.